The van der Waals surface area contributed by atoms with Crippen LogP contribution in [0.4, 0.5) is 5.69 Å². The van der Waals surface area contributed by atoms with E-state index >= 15 is 0 Å². The second-order valence-corrected chi connectivity index (χ2v) is 8.87. The number of carbonyl (C=O) groups is 2. The minimum Gasteiger partial charge on any atom is -0.300 e. The number of benzene rings is 2. The van der Waals surface area contributed by atoms with E-state index in [1.165, 1.54) is 10.6 Å². The van der Waals surface area contributed by atoms with Gasteiger partial charge in [-0.3, -0.25) is 4.79 Å². The molecule has 2 aliphatic heterocycles. The molecule has 1 fully saturated rings. The van der Waals surface area contributed by atoms with Crippen LogP contribution in [0.1, 0.15) is 36.6 Å². The molecule has 4 nitrogen and oxygen atoms in total. The summed E-state index contributed by atoms with van der Waals surface area (Å²) in [6.07, 6.45) is 0.399. The molecule has 0 aliphatic carbocycles. The number of ketones is 1. The van der Waals surface area contributed by atoms with Gasteiger partial charge in [-0.25, -0.2) is 0 Å². The van der Waals surface area contributed by atoms with Crippen molar-refractivity contribution in [2.45, 2.75) is 32.4 Å². The highest BCUT2D eigenvalue weighted by atomic mass is 32.2. The van der Waals surface area contributed by atoms with Crippen LogP contribution in [0, 0.1) is 18.3 Å². The van der Waals surface area contributed by atoms with Crippen LogP contribution in [-0.4, -0.2) is 23.2 Å². The van der Waals surface area contributed by atoms with Gasteiger partial charge in [-0.15, -0.1) is 0 Å². The Morgan fingerprint density at radius 3 is 2.46 bits per heavy atom. The first kappa shape index (κ1) is 18.9. The van der Waals surface area contributed by atoms with E-state index in [0.29, 0.717) is 6.42 Å². The highest BCUT2D eigenvalue weighted by Gasteiger charge is 2.63. The smallest absolute Gasteiger partial charge is 0.261 e. The van der Waals surface area contributed by atoms with Crippen molar-refractivity contribution in [2.24, 2.45) is 16.4 Å². The number of carbonyl (C=O) groups excluding carboxylic acids is 2. The van der Waals surface area contributed by atoms with Crippen LogP contribution in [-0.2, 0) is 9.59 Å². The van der Waals surface area contributed by atoms with Gasteiger partial charge in [0.25, 0.3) is 5.91 Å². The quantitative estimate of drug-likeness (QED) is 0.752. The summed E-state index contributed by atoms with van der Waals surface area (Å²) in [6, 6.07) is 17.9. The van der Waals surface area contributed by atoms with Crippen LogP contribution < -0.4 is 5.01 Å². The standard InChI is InChI=1S/C23H24N2O2S/c1-15-9-11-18(12-10-15)21-23(19(14-28-21)13-16(2)26)17(3)24-25(22(23)27)20-7-5-4-6-8-20/h4-12,19,21H,13-14H2,1-3H3/t19-,21-,23+/m0/s1. The number of nitrogens with zero attached hydrogens (tertiary/aromatic N) is 2. The highest BCUT2D eigenvalue weighted by molar-refractivity contribution is 7.99. The Balaban J connectivity index is 1.82. The van der Waals surface area contributed by atoms with Gasteiger partial charge in [0.1, 0.15) is 11.2 Å². The van der Waals surface area contributed by atoms with Gasteiger partial charge in [0, 0.05) is 11.7 Å². The molecule has 5 heteroatoms. The lowest BCUT2D eigenvalue weighted by molar-refractivity contribution is -0.126. The van der Waals surface area contributed by atoms with Crippen molar-refractivity contribution < 1.29 is 9.59 Å². The zero-order valence-electron chi connectivity index (χ0n) is 16.4. The summed E-state index contributed by atoms with van der Waals surface area (Å²) in [5.74, 6) is 0.830. The third-order valence-corrected chi connectivity index (χ3v) is 7.40. The lowest BCUT2D eigenvalue weighted by atomic mass is 9.67. The first-order chi connectivity index (χ1) is 13.4. The first-order valence-electron chi connectivity index (χ1n) is 9.57. The van der Waals surface area contributed by atoms with Gasteiger partial charge < -0.3 is 4.79 Å². The van der Waals surface area contributed by atoms with Crippen molar-refractivity contribution in [1.82, 2.24) is 0 Å². The van der Waals surface area contributed by atoms with Gasteiger partial charge in [-0.05, 0) is 50.1 Å². The molecule has 2 heterocycles. The van der Waals surface area contributed by atoms with Gasteiger partial charge in [0.15, 0.2) is 0 Å². The molecule has 4 rings (SSSR count). The summed E-state index contributed by atoms with van der Waals surface area (Å²) in [5.41, 5.74) is 3.11. The zero-order chi connectivity index (χ0) is 19.9. The number of anilines is 1. The Bertz CT molecular complexity index is 939. The second kappa shape index (κ2) is 7.21. The van der Waals surface area contributed by atoms with Crippen molar-refractivity contribution in [2.75, 3.05) is 10.8 Å². The zero-order valence-corrected chi connectivity index (χ0v) is 17.2. The Morgan fingerprint density at radius 2 is 1.82 bits per heavy atom. The van der Waals surface area contributed by atoms with Crippen molar-refractivity contribution in [3.8, 4) is 0 Å². The fourth-order valence-corrected chi connectivity index (χ4v) is 6.36. The maximum absolute atomic E-state index is 13.9. The molecule has 1 spiro atoms. The number of amides is 1. The third kappa shape index (κ3) is 2.89. The minimum atomic E-state index is -0.776. The number of hydrogen-bond donors (Lipinski definition) is 0. The predicted octanol–water partition coefficient (Wildman–Crippen LogP) is 4.79. The van der Waals surface area contributed by atoms with E-state index < -0.39 is 5.41 Å². The van der Waals surface area contributed by atoms with Gasteiger partial charge in [-0.1, -0.05) is 48.0 Å². The van der Waals surface area contributed by atoms with Crippen LogP contribution >= 0.6 is 11.8 Å². The summed E-state index contributed by atoms with van der Waals surface area (Å²) in [4.78, 5) is 25.9. The second-order valence-electron chi connectivity index (χ2n) is 7.73. The fourth-order valence-electron chi connectivity index (χ4n) is 4.48. The molecular formula is C23H24N2O2S. The summed E-state index contributed by atoms with van der Waals surface area (Å²) in [7, 11) is 0. The summed E-state index contributed by atoms with van der Waals surface area (Å²) in [6.45, 7) is 5.62. The highest BCUT2D eigenvalue weighted by Crippen LogP contribution is 2.61. The molecule has 0 aromatic heterocycles. The number of hydrazone groups is 1. The molecule has 1 amide bonds. The van der Waals surface area contributed by atoms with Gasteiger partial charge in [0.05, 0.1) is 11.4 Å². The van der Waals surface area contributed by atoms with E-state index in [0.717, 1.165) is 22.7 Å². The van der Waals surface area contributed by atoms with Crippen molar-refractivity contribution in [1.29, 1.82) is 0 Å². The fraction of sp³-hybridized carbons (Fsp3) is 0.348. The predicted molar refractivity (Wildman–Crippen MR) is 115 cm³/mol. The maximum Gasteiger partial charge on any atom is 0.261 e. The molecule has 0 saturated carbocycles. The number of thioether (sulfide) groups is 1. The average molecular weight is 393 g/mol. The summed E-state index contributed by atoms with van der Waals surface area (Å²) in [5, 5.41) is 6.20. The normalized spacial score (nSPS) is 26.8. The Kier molecular flexibility index (Phi) is 4.88. The van der Waals surface area contributed by atoms with E-state index in [1.807, 2.05) is 37.3 Å². The number of rotatable bonds is 4. The number of aryl methyl sites for hydroxylation is 1. The molecule has 1 saturated heterocycles. The molecule has 3 atom stereocenters. The monoisotopic (exact) mass is 392 g/mol. The van der Waals surface area contributed by atoms with E-state index in [1.54, 1.807) is 18.7 Å². The van der Waals surface area contributed by atoms with Crippen LogP contribution in [0.5, 0.6) is 0 Å². The third-order valence-electron chi connectivity index (χ3n) is 5.83. The Hall–Kier alpha value is -2.40. The van der Waals surface area contributed by atoms with Crippen molar-refractivity contribution in [3.63, 3.8) is 0 Å². The molecular weight excluding hydrogens is 368 g/mol. The molecule has 2 aromatic carbocycles. The molecule has 28 heavy (non-hydrogen) atoms. The van der Waals surface area contributed by atoms with E-state index in [2.05, 4.69) is 31.2 Å². The number of para-hydroxylation sites is 1. The average Bonchev–Trinajstić information content (AvgIpc) is 3.17. The van der Waals surface area contributed by atoms with E-state index in [-0.39, 0.29) is 22.9 Å². The van der Waals surface area contributed by atoms with Crippen LogP contribution in [0.2, 0.25) is 0 Å². The van der Waals surface area contributed by atoms with Crippen molar-refractivity contribution in [3.05, 3.63) is 65.7 Å². The molecule has 2 aliphatic rings. The number of Topliss-reactive ketones (excluding diaryl/α,β-unsaturated/α-hetero) is 1. The Morgan fingerprint density at radius 1 is 1.14 bits per heavy atom. The SMILES string of the molecule is CC(=O)C[C@H]1CS[C@@H](c2ccc(C)cc2)[C@]12C(=O)N(c1ccccc1)N=C2C. The van der Waals surface area contributed by atoms with Crippen LogP contribution in [0.15, 0.2) is 59.7 Å². The molecule has 0 unspecified atom stereocenters. The van der Waals surface area contributed by atoms with Crippen LogP contribution in [0.3, 0.4) is 0 Å². The summed E-state index contributed by atoms with van der Waals surface area (Å²) < 4.78 is 0. The largest absolute Gasteiger partial charge is 0.300 e. The van der Waals surface area contributed by atoms with Gasteiger partial charge in [0.2, 0.25) is 0 Å². The van der Waals surface area contributed by atoms with E-state index in [4.69, 9.17) is 5.10 Å². The molecule has 0 N–H and O–H groups in total. The lowest BCUT2D eigenvalue weighted by Gasteiger charge is -2.34. The molecule has 0 radical (unpaired) electrons. The summed E-state index contributed by atoms with van der Waals surface area (Å²) >= 11 is 1.77. The molecule has 2 aromatic rings. The number of hydrogen-bond acceptors (Lipinski definition) is 4. The lowest BCUT2D eigenvalue weighted by Crippen LogP contribution is -2.46. The minimum absolute atomic E-state index is 0.0157. The molecule has 0 bridgehead atoms. The van der Waals surface area contributed by atoms with Crippen molar-refractivity contribution >= 4 is 34.9 Å². The van der Waals surface area contributed by atoms with Gasteiger partial charge in [-0.2, -0.15) is 21.9 Å². The molecule has 144 valence electrons. The van der Waals surface area contributed by atoms with Gasteiger partial charge >= 0.3 is 0 Å². The topological polar surface area (TPSA) is 49.7 Å². The Labute approximate surface area is 170 Å². The van der Waals surface area contributed by atoms with Crippen LogP contribution in [0.25, 0.3) is 0 Å². The van der Waals surface area contributed by atoms with E-state index in [9.17, 15) is 9.59 Å². The maximum atomic E-state index is 13.9. The first-order valence-corrected chi connectivity index (χ1v) is 10.6.